The molecule has 0 unspecified atom stereocenters. The third-order valence-corrected chi connectivity index (χ3v) is 3.70. The van der Waals surface area contributed by atoms with Crippen LogP contribution in [-0.4, -0.2) is 23.8 Å². The maximum atomic E-state index is 12.0. The van der Waals surface area contributed by atoms with Crippen molar-refractivity contribution in [2.24, 2.45) is 5.10 Å². The number of hydrogen-bond donors (Lipinski definition) is 1. The molecule has 1 aromatic heterocycles. The standard InChI is InChI=1S/C20H19N3O2/c1-25-19-11-5-7-16(13-19)14-20(24)22-21-15-18-10-6-12-23(18)17-8-3-2-4-9-17/h2-13,15H,14H2,1H3,(H,22,24). The minimum atomic E-state index is -0.178. The van der Waals surface area contributed by atoms with Gasteiger partial charge in [-0.15, -0.1) is 0 Å². The highest BCUT2D eigenvalue weighted by molar-refractivity contribution is 5.82. The molecule has 1 amide bonds. The molecule has 25 heavy (non-hydrogen) atoms. The molecule has 0 aliphatic rings. The van der Waals surface area contributed by atoms with Crippen molar-refractivity contribution >= 4 is 12.1 Å². The Morgan fingerprint density at radius 2 is 1.96 bits per heavy atom. The summed E-state index contributed by atoms with van der Waals surface area (Å²) in [5.74, 6) is 0.553. The van der Waals surface area contributed by atoms with Crippen molar-refractivity contribution in [2.75, 3.05) is 7.11 Å². The minimum absolute atomic E-state index is 0.178. The second-order valence-electron chi connectivity index (χ2n) is 5.46. The van der Waals surface area contributed by atoms with Gasteiger partial charge in [-0.3, -0.25) is 4.79 Å². The Labute approximate surface area is 146 Å². The van der Waals surface area contributed by atoms with Gasteiger partial charge in [0.25, 0.3) is 0 Å². The number of carbonyl (C=O) groups excluding carboxylic acids is 1. The highest BCUT2D eigenvalue weighted by Crippen LogP contribution is 2.13. The zero-order valence-electron chi connectivity index (χ0n) is 13.9. The number of benzene rings is 2. The summed E-state index contributed by atoms with van der Waals surface area (Å²) in [6.07, 6.45) is 3.83. The van der Waals surface area contributed by atoms with E-state index in [0.29, 0.717) is 0 Å². The number of nitrogens with zero attached hydrogens (tertiary/aromatic N) is 2. The summed E-state index contributed by atoms with van der Waals surface area (Å²) in [6.45, 7) is 0. The second kappa shape index (κ2) is 7.97. The molecule has 0 aliphatic carbocycles. The first-order valence-electron chi connectivity index (χ1n) is 7.94. The third kappa shape index (κ3) is 4.35. The number of para-hydroxylation sites is 1. The van der Waals surface area contributed by atoms with Gasteiger partial charge in [0.15, 0.2) is 0 Å². The van der Waals surface area contributed by atoms with Crippen LogP contribution in [0.1, 0.15) is 11.3 Å². The molecule has 1 N–H and O–H groups in total. The lowest BCUT2D eigenvalue weighted by Crippen LogP contribution is -2.20. The molecule has 0 radical (unpaired) electrons. The van der Waals surface area contributed by atoms with Gasteiger partial charge in [-0.25, -0.2) is 5.43 Å². The van der Waals surface area contributed by atoms with Crippen LogP contribution >= 0.6 is 0 Å². The maximum absolute atomic E-state index is 12.0. The second-order valence-corrected chi connectivity index (χ2v) is 5.46. The molecule has 5 nitrogen and oxygen atoms in total. The Morgan fingerprint density at radius 3 is 2.76 bits per heavy atom. The zero-order chi connectivity index (χ0) is 17.5. The molecule has 0 aliphatic heterocycles. The normalized spacial score (nSPS) is 10.8. The Kier molecular flexibility index (Phi) is 5.26. The largest absolute Gasteiger partial charge is 0.497 e. The van der Waals surface area contributed by atoms with Gasteiger partial charge in [-0.05, 0) is 42.0 Å². The van der Waals surface area contributed by atoms with Crippen LogP contribution in [0.15, 0.2) is 78.0 Å². The lowest BCUT2D eigenvalue weighted by Gasteiger charge is -2.06. The predicted molar refractivity (Wildman–Crippen MR) is 98.2 cm³/mol. The Bertz CT molecular complexity index is 869. The van der Waals surface area contributed by atoms with Crippen molar-refractivity contribution < 1.29 is 9.53 Å². The van der Waals surface area contributed by atoms with E-state index in [4.69, 9.17) is 4.74 Å². The van der Waals surface area contributed by atoms with E-state index >= 15 is 0 Å². The smallest absolute Gasteiger partial charge is 0.244 e. The lowest BCUT2D eigenvalue weighted by atomic mass is 10.1. The fraction of sp³-hybridized carbons (Fsp3) is 0.100. The number of ether oxygens (including phenoxy) is 1. The van der Waals surface area contributed by atoms with Gasteiger partial charge in [0.05, 0.1) is 25.4 Å². The van der Waals surface area contributed by atoms with Crippen LogP contribution in [0.25, 0.3) is 5.69 Å². The van der Waals surface area contributed by atoms with Gasteiger partial charge in [-0.1, -0.05) is 30.3 Å². The first kappa shape index (κ1) is 16.5. The Morgan fingerprint density at radius 1 is 1.12 bits per heavy atom. The van der Waals surface area contributed by atoms with Crippen LogP contribution in [0, 0.1) is 0 Å². The van der Waals surface area contributed by atoms with Crippen molar-refractivity contribution in [3.63, 3.8) is 0 Å². The van der Waals surface area contributed by atoms with E-state index < -0.39 is 0 Å². The zero-order valence-corrected chi connectivity index (χ0v) is 13.9. The molecule has 0 bridgehead atoms. The highest BCUT2D eigenvalue weighted by Gasteiger charge is 2.04. The number of amides is 1. The van der Waals surface area contributed by atoms with Gasteiger partial charge >= 0.3 is 0 Å². The average Bonchev–Trinajstić information content (AvgIpc) is 3.11. The summed E-state index contributed by atoms with van der Waals surface area (Å²) in [7, 11) is 1.60. The highest BCUT2D eigenvalue weighted by atomic mass is 16.5. The van der Waals surface area contributed by atoms with Gasteiger partial charge in [0.1, 0.15) is 5.75 Å². The Balaban J connectivity index is 1.62. The number of carbonyl (C=O) groups is 1. The van der Waals surface area contributed by atoms with Gasteiger partial charge in [0.2, 0.25) is 5.91 Å². The maximum Gasteiger partial charge on any atom is 0.244 e. The van der Waals surface area contributed by atoms with E-state index in [1.165, 1.54) is 0 Å². The first-order chi connectivity index (χ1) is 12.3. The van der Waals surface area contributed by atoms with E-state index in [2.05, 4.69) is 10.5 Å². The van der Waals surface area contributed by atoms with E-state index in [-0.39, 0.29) is 12.3 Å². The summed E-state index contributed by atoms with van der Waals surface area (Å²) in [6, 6.07) is 21.2. The van der Waals surface area contributed by atoms with Crippen molar-refractivity contribution in [1.82, 2.24) is 9.99 Å². The van der Waals surface area contributed by atoms with Crippen molar-refractivity contribution in [1.29, 1.82) is 0 Å². The number of rotatable bonds is 6. The van der Waals surface area contributed by atoms with Crippen LogP contribution in [0.2, 0.25) is 0 Å². The topological polar surface area (TPSA) is 55.6 Å². The Hall–Kier alpha value is -3.34. The van der Waals surface area contributed by atoms with Gasteiger partial charge < -0.3 is 9.30 Å². The quantitative estimate of drug-likeness (QED) is 0.556. The summed E-state index contributed by atoms with van der Waals surface area (Å²) in [5.41, 5.74) is 5.36. The fourth-order valence-corrected chi connectivity index (χ4v) is 2.50. The van der Waals surface area contributed by atoms with E-state index in [0.717, 1.165) is 22.7 Å². The number of methoxy groups -OCH3 is 1. The number of hydrogen-bond acceptors (Lipinski definition) is 3. The summed E-state index contributed by atoms with van der Waals surface area (Å²) in [5, 5.41) is 4.06. The fourth-order valence-electron chi connectivity index (χ4n) is 2.50. The molecular weight excluding hydrogens is 314 g/mol. The molecule has 2 aromatic carbocycles. The van der Waals surface area contributed by atoms with Gasteiger partial charge in [-0.2, -0.15) is 5.10 Å². The van der Waals surface area contributed by atoms with Gasteiger partial charge in [0, 0.05) is 11.9 Å². The molecule has 5 heteroatoms. The van der Waals surface area contributed by atoms with Crippen molar-refractivity contribution in [3.8, 4) is 11.4 Å². The predicted octanol–water partition coefficient (Wildman–Crippen LogP) is 3.18. The van der Waals surface area contributed by atoms with E-state index in [9.17, 15) is 4.79 Å². The molecule has 1 heterocycles. The molecule has 0 atom stereocenters. The van der Waals surface area contributed by atoms with Crippen LogP contribution in [-0.2, 0) is 11.2 Å². The molecule has 126 valence electrons. The average molecular weight is 333 g/mol. The summed E-state index contributed by atoms with van der Waals surface area (Å²) in [4.78, 5) is 12.0. The van der Waals surface area contributed by atoms with E-state index in [1.54, 1.807) is 13.3 Å². The molecular formula is C20H19N3O2. The molecule has 0 saturated carbocycles. The summed E-state index contributed by atoms with van der Waals surface area (Å²) >= 11 is 0. The van der Waals surface area contributed by atoms with Crippen molar-refractivity contribution in [3.05, 3.63) is 84.2 Å². The molecule has 0 fully saturated rings. The third-order valence-electron chi connectivity index (χ3n) is 3.70. The SMILES string of the molecule is COc1cccc(CC(=O)NN=Cc2cccn2-c2ccccc2)c1. The number of aromatic nitrogens is 1. The van der Waals surface area contributed by atoms with Crippen LogP contribution in [0.5, 0.6) is 5.75 Å². The minimum Gasteiger partial charge on any atom is -0.497 e. The number of nitrogens with one attached hydrogen (secondary N) is 1. The molecule has 3 rings (SSSR count). The van der Waals surface area contributed by atoms with Crippen LogP contribution in [0.3, 0.4) is 0 Å². The van der Waals surface area contributed by atoms with Crippen LogP contribution < -0.4 is 10.2 Å². The summed E-state index contributed by atoms with van der Waals surface area (Å²) < 4.78 is 7.16. The van der Waals surface area contributed by atoms with Crippen LogP contribution in [0.4, 0.5) is 0 Å². The molecule has 0 saturated heterocycles. The van der Waals surface area contributed by atoms with Crippen molar-refractivity contribution in [2.45, 2.75) is 6.42 Å². The molecule has 3 aromatic rings. The first-order valence-corrected chi connectivity index (χ1v) is 7.94. The lowest BCUT2D eigenvalue weighted by molar-refractivity contribution is -0.120. The number of hydrazone groups is 1. The monoisotopic (exact) mass is 333 g/mol. The molecule has 0 spiro atoms. The van der Waals surface area contributed by atoms with E-state index in [1.807, 2.05) is 77.5 Å².